The largest absolute Gasteiger partial charge is 0.472 e. The highest BCUT2D eigenvalue weighted by Gasteiger charge is 2.54. The van der Waals surface area contributed by atoms with Crippen LogP contribution in [0.15, 0.2) is 59.4 Å². The molecule has 0 aliphatic heterocycles. The van der Waals surface area contributed by atoms with Crippen LogP contribution in [0, 0.1) is 0 Å². The minimum absolute atomic E-state index is 0.341. The quantitative estimate of drug-likeness (QED) is 0.831. The summed E-state index contributed by atoms with van der Waals surface area (Å²) in [5.41, 5.74) is -2.91. The Kier molecular flexibility index (Phi) is 4.90. The molecule has 2 N–H and O–H groups in total. The Labute approximate surface area is 130 Å². The topological polar surface area (TPSA) is 62.5 Å². The maximum absolute atomic E-state index is 13.2. The van der Waals surface area contributed by atoms with Crippen LogP contribution in [0.2, 0.25) is 0 Å². The van der Waals surface area contributed by atoms with E-state index in [1.807, 2.05) is 0 Å². The number of carbonyl (C=O) groups excluding carboxylic acids is 1. The third-order valence-corrected chi connectivity index (χ3v) is 3.21. The van der Waals surface area contributed by atoms with E-state index in [1.54, 1.807) is 6.07 Å². The first-order valence-corrected chi connectivity index (χ1v) is 6.66. The van der Waals surface area contributed by atoms with Gasteiger partial charge in [0.1, 0.15) is 0 Å². The monoisotopic (exact) mass is 325 g/mol. The third-order valence-electron chi connectivity index (χ3n) is 3.21. The number of halogens is 3. The zero-order valence-corrected chi connectivity index (χ0v) is 11.9. The molecule has 7 heteroatoms. The number of hydrogen-bond acceptors (Lipinski definition) is 3. The molecule has 0 radical (unpaired) electrons. The van der Waals surface area contributed by atoms with Gasteiger partial charge in [0.05, 0.1) is 19.1 Å². The second-order valence-corrected chi connectivity index (χ2v) is 4.83. The fourth-order valence-corrected chi connectivity index (χ4v) is 1.90. The maximum atomic E-state index is 13.2. The summed E-state index contributed by atoms with van der Waals surface area (Å²) >= 11 is 0. The summed E-state index contributed by atoms with van der Waals surface area (Å²) in [6.45, 7) is -0.991. The predicted molar refractivity (Wildman–Crippen MR) is 77.1 cm³/mol. The summed E-state index contributed by atoms with van der Waals surface area (Å²) in [4.78, 5) is 11.6. The van der Waals surface area contributed by atoms with Crippen molar-refractivity contribution in [1.82, 2.24) is 5.32 Å². The molecule has 1 aromatic carbocycles. The summed E-state index contributed by atoms with van der Waals surface area (Å²) in [5.74, 6) is -0.759. The van der Waals surface area contributed by atoms with Gasteiger partial charge in [-0.15, -0.1) is 0 Å². The average molecular weight is 325 g/mol. The van der Waals surface area contributed by atoms with Gasteiger partial charge in [0.2, 0.25) is 11.5 Å². The highest BCUT2D eigenvalue weighted by Crippen LogP contribution is 2.38. The van der Waals surface area contributed by atoms with Gasteiger partial charge in [0.25, 0.3) is 0 Å². The van der Waals surface area contributed by atoms with Gasteiger partial charge in [-0.2, -0.15) is 13.2 Å². The van der Waals surface area contributed by atoms with Crippen molar-refractivity contribution in [3.63, 3.8) is 0 Å². The molecule has 1 amide bonds. The molecular formula is C16H14F3NO3. The van der Waals surface area contributed by atoms with Gasteiger partial charge >= 0.3 is 6.18 Å². The lowest BCUT2D eigenvalue weighted by Crippen LogP contribution is -2.50. The molecule has 4 nitrogen and oxygen atoms in total. The molecule has 1 aromatic heterocycles. The van der Waals surface area contributed by atoms with E-state index >= 15 is 0 Å². The van der Waals surface area contributed by atoms with Crippen LogP contribution in [0.25, 0.3) is 6.08 Å². The number of hydrogen-bond donors (Lipinski definition) is 2. The van der Waals surface area contributed by atoms with E-state index in [4.69, 9.17) is 4.42 Å². The van der Waals surface area contributed by atoms with Crippen molar-refractivity contribution >= 4 is 12.0 Å². The van der Waals surface area contributed by atoms with Crippen LogP contribution in [-0.4, -0.2) is 23.7 Å². The second-order valence-electron chi connectivity index (χ2n) is 4.83. The van der Waals surface area contributed by atoms with E-state index in [0.717, 1.165) is 18.2 Å². The standard InChI is InChI=1S/C16H14F3NO3/c17-16(18,19)15(22,13-4-2-1-3-5-13)11-20-14(21)7-6-12-8-9-23-10-12/h1-10,22H,11H2,(H,20,21)/b7-6+. The Morgan fingerprint density at radius 3 is 2.48 bits per heavy atom. The minimum Gasteiger partial charge on any atom is -0.472 e. The Morgan fingerprint density at radius 2 is 1.91 bits per heavy atom. The van der Waals surface area contributed by atoms with Crippen LogP contribution in [0.1, 0.15) is 11.1 Å². The first kappa shape index (κ1) is 16.8. The molecule has 0 saturated heterocycles. The van der Waals surface area contributed by atoms with Crippen LogP contribution in [-0.2, 0) is 10.4 Å². The average Bonchev–Trinajstić information content (AvgIpc) is 3.03. The number of rotatable bonds is 5. The second kappa shape index (κ2) is 6.70. The molecule has 2 aromatic rings. The summed E-state index contributed by atoms with van der Waals surface area (Å²) in [6.07, 6.45) is 0.283. The van der Waals surface area contributed by atoms with E-state index in [9.17, 15) is 23.1 Å². The van der Waals surface area contributed by atoms with E-state index < -0.39 is 24.2 Å². The number of furan rings is 1. The number of amides is 1. The van der Waals surface area contributed by atoms with E-state index in [1.165, 1.54) is 36.8 Å². The molecule has 122 valence electrons. The predicted octanol–water partition coefficient (Wildman–Crippen LogP) is 2.86. The summed E-state index contributed by atoms with van der Waals surface area (Å²) in [6, 6.07) is 8.19. The molecule has 1 unspecified atom stereocenters. The van der Waals surface area contributed by atoms with Gasteiger partial charge in [0.15, 0.2) is 0 Å². The minimum atomic E-state index is -4.93. The van der Waals surface area contributed by atoms with Gasteiger partial charge in [-0.1, -0.05) is 30.3 Å². The Morgan fingerprint density at radius 1 is 1.22 bits per heavy atom. The lowest BCUT2D eigenvalue weighted by atomic mass is 9.93. The summed E-state index contributed by atoms with van der Waals surface area (Å²) in [5, 5.41) is 12.1. The molecular weight excluding hydrogens is 311 g/mol. The molecule has 0 aliphatic rings. The maximum Gasteiger partial charge on any atom is 0.423 e. The smallest absolute Gasteiger partial charge is 0.423 e. The number of nitrogens with one attached hydrogen (secondary N) is 1. The van der Waals surface area contributed by atoms with E-state index in [2.05, 4.69) is 5.32 Å². The van der Waals surface area contributed by atoms with Crippen molar-refractivity contribution in [3.05, 3.63) is 66.1 Å². The highest BCUT2D eigenvalue weighted by atomic mass is 19.4. The van der Waals surface area contributed by atoms with E-state index in [0.29, 0.717) is 5.56 Å². The van der Waals surface area contributed by atoms with Gasteiger partial charge in [-0.3, -0.25) is 4.79 Å². The molecule has 0 fully saturated rings. The number of carbonyl (C=O) groups is 1. The number of benzene rings is 1. The Hall–Kier alpha value is -2.54. The SMILES string of the molecule is O=C(/C=C/c1ccoc1)NCC(O)(c1ccccc1)C(F)(F)F. The fourth-order valence-electron chi connectivity index (χ4n) is 1.90. The van der Waals surface area contributed by atoms with Crippen molar-refractivity contribution in [3.8, 4) is 0 Å². The molecule has 0 aliphatic carbocycles. The fraction of sp³-hybridized carbons (Fsp3) is 0.188. The first-order chi connectivity index (χ1) is 10.8. The van der Waals surface area contributed by atoms with Gasteiger partial charge in [-0.05, 0) is 17.7 Å². The van der Waals surface area contributed by atoms with Crippen LogP contribution in [0.3, 0.4) is 0 Å². The molecule has 23 heavy (non-hydrogen) atoms. The van der Waals surface area contributed by atoms with Gasteiger partial charge in [0, 0.05) is 11.6 Å². The zero-order valence-electron chi connectivity index (χ0n) is 11.9. The van der Waals surface area contributed by atoms with Crippen molar-refractivity contribution in [2.24, 2.45) is 0 Å². The van der Waals surface area contributed by atoms with Crippen LogP contribution < -0.4 is 5.32 Å². The zero-order chi connectivity index (χ0) is 16.9. The third kappa shape index (κ3) is 4.01. The highest BCUT2D eigenvalue weighted by molar-refractivity contribution is 5.91. The first-order valence-electron chi connectivity index (χ1n) is 6.66. The van der Waals surface area contributed by atoms with Crippen LogP contribution >= 0.6 is 0 Å². The van der Waals surface area contributed by atoms with Crippen molar-refractivity contribution in [2.75, 3.05) is 6.54 Å². The van der Waals surface area contributed by atoms with Crippen molar-refractivity contribution in [2.45, 2.75) is 11.8 Å². The van der Waals surface area contributed by atoms with Gasteiger partial charge in [-0.25, -0.2) is 0 Å². The molecule has 0 bridgehead atoms. The number of aliphatic hydroxyl groups is 1. The molecule has 1 heterocycles. The number of alkyl halides is 3. The Balaban J connectivity index is 2.09. The Bertz CT molecular complexity index is 666. The molecule has 0 spiro atoms. The molecule has 2 rings (SSSR count). The van der Waals surface area contributed by atoms with Gasteiger partial charge < -0.3 is 14.8 Å². The van der Waals surface area contributed by atoms with Crippen molar-refractivity contribution in [1.29, 1.82) is 0 Å². The molecule has 1 atom stereocenters. The van der Waals surface area contributed by atoms with Crippen LogP contribution in [0.5, 0.6) is 0 Å². The lowest BCUT2D eigenvalue weighted by Gasteiger charge is -2.31. The summed E-state index contributed by atoms with van der Waals surface area (Å²) in [7, 11) is 0. The molecule has 0 saturated carbocycles. The lowest BCUT2D eigenvalue weighted by molar-refractivity contribution is -0.263. The van der Waals surface area contributed by atoms with Crippen molar-refractivity contribution < 1.29 is 27.5 Å². The summed E-state index contributed by atoms with van der Waals surface area (Å²) < 4.78 is 44.4. The van der Waals surface area contributed by atoms with E-state index in [-0.39, 0.29) is 5.56 Å². The van der Waals surface area contributed by atoms with Crippen LogP contribution in [0.4, 0.5) is 13.2 Å². The normalized spacial score (nSPS) is 14.6.